The molecule has 1 saturated heterocycles. The second-order valence-electron chi connectivity index (χ2n) is 5.83. The van der Waals surface area contributed by atoms with Crippen LogP contribution >= 0.6 is 0 Å². The lowest BCUT2D eigenvalue weighted by atomic mass is 10.1. The number of hydrogen-bond donors (Lipinski definition) is 1. The minimum atomic E-state index is -0.722. The van der Waals surface area contributed by atoms with Crippen molar-refractivity contribution in [3.05, 3.63) is 48.6 Å². The maximum atomic E-state index is 10.3. The molecule has 0 aromatic heterocycles. The van der Waals surface area contributed by atoms with Gasteiger partial charge in [-0.3, -0.25) is 4.79 Å². The van der Waals surface area contributed by atoms with Gasteiger partial charge < -0.3 is 9.84 Å². The van der Waals surface area contributed by atoms with E-state index in [-0.39, 0.29) is 6.42 Å². The summed E-state index contributed by atoms with van der Waals surface area (Å²) in [5, 5.41) is 8.50. The van der Waals surface area contributed by atoms with Gasteiger partial charge in [-0.25, -0.2) is 0 Å². The molecule has 0 spiro atoms. The fraction of sp³-hybridized carbons (Fsp3) is 0.550. The minimum Gasteiger partial charge on any atom is -0.481 e. The summed E-state index contributed by atoms with van der Waals surface area (Å²) in [4.78, 5) is 10.3. The van der Waals surface area contributed by atoms with E-state index in [2.05, 4.69) is 31.2 Å². The Balaban J connectivity index is 1.98. The molecule has 0 saturated carbocycles. The molecular weight excluding hydrogens is 288 g/mol. The molecule has 128 valence electrons. The van der Waals surface area contributed by atoms with Crippen molar-refractivity contribution in [1.82, 2.24) is 0 Å². The van der Waals surface area contributed by atoms with Crippen LogP contribution in [0.4, 0.5) is 0 Å². The third kappa shape index (κ3) is 11.6. The fourth-order valence-corrected chi connectivity index (χ4v) is 2.28. The van der Waals surface area contributed by atoms with Crippen LogP contribution in [0.1, 0.15) is 58.3 Å². The first kappa shape index (κ1) is 19.4. The van der Waals surface area contributed by atoms with Gasteiger partial charge in [-0.05, 0) is 25.7 Å². The highest BCUT2D eigenvalue weighted by molar-refractivity contribution is 5.66. The molecule has 2 atom stereocenters. The molecule has 0 aliphatic carbocycles. The minimum absolute atomic E-state index is 0.249. The van der Waals surface area contributed by atoms with Gasteiger partial charge in [0.05, 0.1) is 6.10 Å². The van der Waals surface area contributed by atoms with Gasteiger partial charge in [0.15, 0.2) is 0 Å². The molecule has 0 aromatic carbocycles. The number of carbonyl (C=O) groups is 1. The van der Waals surface area contributed by atoms with Gasteiger partial charge in [-0.2, -0.15) is 0 Å². The van der Waals surface area contributed by atoms with Gasteiger partial charge >= 0.3 is 5.97 Å². The quantitative estimate of drug-likeness (QED) is 0.220. The van der Waals surface area contributed by atoms with E-state index in [0.29, 0.717) is 18.6 Å². The van der Waals surface area contributed by atoms with Gasteiger partial charge in [0.2, 0.25) is 0 Å². The Morgan fingerprint density at radius 2 is 1.87 bits per heavy atom. The summed E-state index contributed by atoms with van der Waals surface area (Å²) in [6, 6.07) is 0. The van der Waals surface area contributed by atoms with Crippen LogP contribution in [0.25, 0.3) is 0 Å². The molecule has 1 unspecified atom stereocenters. The zero-order valence-corrected chi connectivity index (χ0v) is 14.2. The van der Waals surface area contributed by atoms with E-state index >= 15 is 0 Å². The third-order valence-electron chi connectivity index (χ3n) is 3.68. The summed E-state index contributed by atoms with van der Waals surface area (Å²) in [5.74, 6) is -0.722. The van der Waals surface area contributed by atoms with Gasteiger partial charge in [-0.1, -0.05) is 74.8 Å². The monoisotopic (exact) mass is 318 g/mol. The highest BCUT2D eigenvalue weighted by Crippen LogP contribution is 2.28. The normalized spacial score (nSPS) is 21.3. The van der Waals surface area contributed by atoms with Crippen LogP contribution in [0.3, 0.4) is 0 Å². The molecule has 1 aliphatic heterocycles. The van der Waals surface area contributed by atoms with Crippen molar-refractivity contribution < 1.29 is 14.6 Å². The number of epoxide rings is 1. The topological polar surface area (TPSA) is 49.8 Å². The molecule has 1 fully saturated rings. The number of rotatable bonds is 13. The number of aliphatic carboxylic acids is 1. The number of unbranched alkanes of at least 4 members (excludes halogenated alkanes) is 3. The number of ether oxygens (including phenoxy) is 1. The summed E-state index contributed by atoms with van der Waals surface area (Å²) in [7, 11) is 0. The Morgan fingerprint density at radius 1 is 1.04 bits per heavy atom. The van der Waals surface area contributed by atoms with Gasteiger partial charge in [0.25, 0.3) is 0 Å². The first-order valence-corrected chi connectivity index (χ1v) is 8.76. The first-order chi connectivity index (χ1) is 11.2. The fourth-order valence-electron chi connectivity index (χ4n) is 2.28. The Labute approximate surface area is 140 Å². The van der Waals surface area contributed by atoms with E-state index in [1.807, 2.05) is 24.3 Å². The largest absolute Gasteiger partial charge is 0.481 e. The lowest BCUT2D eigenvalue weighted by Crippen LogP contribution is -1.92. The van der Waals surface area contributed by atoms with Crippen LogP contribution in [0.15, 0.2) is 48.6 Å². The van der Waals surface area contributed by atoms with Crippen LogP contribution in [0.5, 0.6) is 0 Å². The SMILES string of the molecule is CCCCC[C@@H]1OC1/C=C/C=C/C=C\C/C=C\CCCC(=O)O. The number of allylic oxidation sites excluding steroid dienone is 7. The van der Waals surface area contributed by atoms with Crippen LogP contribution in [0, 0.1) is 0 Å². The average molecular weight is 318 g/mol. The average Bonchev–Trinajstić information content (AvgIpc) is 3.27. The summed E-state index contributed by atoms with van der Waals surface area (Å²) in [6.45, 7) is 2.22. The molecular formula is C20H30O3. The van der Waals surface area contributed by atoms with Crippen LogP contribution in [0.2, 0.25) is 0 Å². The molecule has 0 radical (unpaired) electrons. The van der Waals surface area contributed by atoms with E-state index in [4.69, 9.17) is 9.84 Å². The molecule has 1 rings (SSSR count). The summed E-state index contributed by atoms with van der Waals surface area (Å²) in [5.41, 5.74) is 0. The molecule has 23 heavy (non-hydrogen) atoms. The van der Waals surface area contributed by atoms with Crippen LogP contribution in [-0.4, -0.2) is 23.3 Å². The molecule has 0 aromatic rings. The predicted octanol–water partition coefficient (Wildman–Crippen LogP) is 5.20. The second-order valence-corrected chi connectivity index (χ2v) is 5.83. The van der Waals surface area contributed by atoms with E-state index in [1.165, 1.54) is 25.7 Å². The van der Waals surface area contributed by atoms with Crippen molar-refractivity contribution in [1.29, 1.82) is 0 Å². The third-order valence-corrected chi connectivity index (χ3v) is 3.68. The molecule has 1 heterocycles. The number of carboxylic acids is 1. The molecule has 0 amide bonds. The van der Waals surface area contributed by atoms with Crippen LogP contribution < -0.4 is 0 Å². The Bertz CT molecular complexity index is 432. The number of hydrogen-bond acceptors (Lipinski definition) is 2. The van der Waals surface area contributed by atoms with Gasteiger partial charge in [0, 0.05) is 6.42 Å². The smallest absolute Gasteiger partial charge is 0.303 e. The van der Waals surface area contributed by atoms with E-state index in [9.17, 15) is 4.79 Å². The van der Waals surface area contributed by atoms with Crippen molar-refractivity contribution in [3.63, 3.8) is 0 Å². The summed E-state index contributed by atoms with van der Waals surface area (Å²) >= 11 is 0. The lowest BCUT2D eigenvalue weighted by molar-refractivity contribution is -0.137. The van der Waals surface area contributed by atoms with E-state index in [1.54, 1.807) is 0 Å². The van der Waals surface area contributed by atoms with Crippen LogP contribution in [-0.2, 0) is 9.53 Å². The van der Waals surface area contributed by atoms with Crippen molar-refractivity contribution in [3.8, 4) is 0 Å². The zero-order valence-electron chi connectivity index (χ0n) is 14.2. The highest BCUT2D eigenvalue weighted by Gasteiger charge is 2.35. The first-order valence-electron chi connectivity index (χ1n) is 8.76. The highest BCUT2D eigenvalue weighted by atomic mass is 16.6. The van der Waals surface area contributed by atoms with Gasteiger partial charge in [0.1, 0.15) is 6.10 Å². The molecule has 0 bridgehead atoms. The summed E-state index contributed by atoms with van der Waals surface area (Å²) < 4.78 is 5.59. The molecule has 1 N–H and O–H groups in total. The molecule has 3 nitrogen and oxygen atoms in total. The predicted molar refractivity (Wildman–Crippen MR) is 95.5 cm³/mol. The maximum Gasteiger partial charge on any atom is 0.303 e. The second kappa shape index (κ2) is 12.9. The van der Waals surface area contributed by atoms with E-state index < -0.39 is 5.97 Å². The zero-order chi connectivity index (χ0) is 16.8. The molecule has 3 heteroatoms. The lowest BCUT2D eigenvalue weighted by Gasteiger charge is -1.92. The Hall–Kier alpha value is -1.61. The Morgan fingerprint density at radius 3 is 2.65 bits per heavy atom. The standard InChI is InChI=1S/C20H30O3/c1-2-3-12-15-18-19(23-18)16-13-10-8-6-4-5-7-9-11-14-17-20(21)22/h4,6-10,13,16,18-19H,2-3,5,11-12,14-15,17H2,1H3,(H,21,22)/b6-4-,9-7-,10-8+,16-13+/t18-,19?/m0/s1. The Kier molecular flexibility index (Phi) is 10.9. The maximum absolute atomic E-state index is 10.3. The number of carboxylic acid groups (broad SMARTS) is 1. The van der Waals surface area contributed by atoms with Crippen molar-refractivity contribution in [2.75, 3.05) is 0 Å². The van der Waals surface area contributed by atoms with Gasteiger partial charge in [-0.15, -0.1) is 0 Å². The van der Waals surface area contributed by atoms with Crippen molar-refractivity contribution in [2.24, 2.45) is 0 Å². The van der Waals surface area contributed by atoms with Crippen molar-refractivity contribution in [2.45, 2.75) is 70.5 Å². The molecule has 1 aliphatic rings. The van der Waals surface area contributed by atoms with Crippen molar-refractivity contribution >= 4 is 5.97 Å². The van der Waals surface area contributed by atoms with E-state index in [0.717, 1.165) is 12.8 Å². The summed E-state index contributed by atoms with van der Waals surface area (Å²) in [6.07, 6.45) is 24.9.